The number of aryl methyl sites for hydroxylation is 2. The SMILES string of the molecule is CCCNC(=O)[C@@H](CC)N(Cc1ccccc1C)C(=O)Cc1ccc(C)cc1. The van der Waals surface area contributed by atoms with Gasteiger partial charge >= 0.3 is 0 Å². The van der Waals surface area contributed by atoms with Gasteiger partial charge in [-0.05, 0) is 43.4 Å². The Labute approximate surface area is 169 Å². The van der Waals surface area contributed by atoms with Gasteiger partial charge in [0.25, 0.3) is 0 Å². The van der Waals surface area contributed by atoms with Crippen LogP contribution in [-0.2, 0) is 22.6 Å². The molecule has 0 saturated carbocycles. The molecule has 4 nitrogen and oxygen atoms in total. The number of nitrogens with zero attached hydrogens (tertiary/aromatic N) is 1. The summed E-state index contributed by atoms with van der Waals surface area (Å²) in [4.78, 5) is 27.7. The smallest absolute Gasteiger partial charge is 0.242 e. The maximum Gasteiger partial charge on any atom is 0.242 e. The monoisotopic (exact) mass is 380 g/mol. The van der Waals surface area contributed by atoms with E-state index in [1.165, 1.54) is 5.56 Å². The highest BCUT2D eigenvalue weighted by Crippen LogP contribution is 2.17. The molecule has 150 valence electrons. The Balaban J connectivity index is 2.27. The van der Waals surface area contributed by atoms with Crippen molar-refractivity contribution in [3.63, 3.8) is 0 Å². The molecule has 0 bridgehead atoms. The first-order valence-electron chi connectivity index (χ1n) is 10.1. The van der Waals surface area contributed by atoms with Gasteiger partial charge in [0.1, 0.15) is 6.04 Å². The number of carbonyl (C=O) groups excluding carboxylic acids is 2. The van der Waals surface area contributed by atoms with E-state index in [-0.39, 0.29) is 11.8 Å². The second kappa shape index (κ2) is 10.6. The Morgan fingerprint density at radius 2 is 1.68 bits per heavy atom. The molecule has 2 rings (SSSR count). The van der Waals surface area contributed by atoms with E-state index < -0.39 is 6.04 Å². The van der Waals surface area contributed by atoms with Gasteiger partial charge in [0, 0.05) is 13.1 Å². The second-order valence-corrected chi connectivity index (χ2v) is 7.33. The molecule has 28 heavy (non-hydrogen) atoms. The van der Waals surface area contributed by atoms with Crippen LogP contribution in [0.25, 0.3) is 0 Å². The van der Waals surface area contributed by atoms with Gasteiger partial charge in [-0.25, -0.2) is 0 Å². The Morgan fingerprint density at radius 1 is 1.00 bits per heavy atom. The van der Waals surface area contributed by atoms with Crippen molar-refractivity contribution < 1.29 is 9.59 Å². The number of hydrogen-bond donors (Lipinski definition) is 1. The molecule has 0 saturated heterocycles. The van der Waals surface area contributed by atoms with Gasteiger partial charge in [-0.2, -0.15) is 0 Å². The highest BCUT2D eigenvalue weighted by Gasteiger charge is 2.28. The van der Waals surface area contributed by atoms with Crippen molar-refractivity contribution in [1.29, 1.82) is 0 Å². The highest BCUT2D eigenvalue weighted by molar-refractivity contribution is 5.88. The summed E-state index contributed by atoms with van der Waals surface area (Å²) in [6, 6.07) is 15.6. The van der Waals surface area contributed by atoms with Gasteiger partial charge in [0.15, 0.2) is 0 Å². The molecular formula is C24H32N2O2. The zero-order chi connectivity index (χ0) is 20.5. The molecule has 4 heteroatoms. The predicted molar refractivity (Wildman–Crippen MR) is 114 cm³/mol. The van der Waals surface area contributed by atoms with Crippen molar-refractivity contribution in [3.05, 3.63) is 70.8 Å². The minimum absolute atomic E-state index is 0.0226. The first-order valence-corrected chi connectivity index (χ1v) is 10.1. The van der Waals surface area contributed by atoms with E-state index >= 15 is 0 Å². The maximum absolute atomic E-state index is 13.2. The summed E-state index contributed by atoms with van der Waals surface area (Å²) in [5.41, 5.74) is 4.33. The van der Waals surface area contributed by atoms with Gasteiger partial charge in [-0.1, -0.05) is 67.9 Å². The van der Waals surface area contributed by atoms with Crippen LogP contribution in [0.15, 0.2) is 48.5 Å². The Morgan fingerprint density at radius 3 is 2.29 bits per heavy atom. The number of nitrogens with one attached hydrogen (secondary N) is 1. The van der Waals surface area contributed by atoms with E-state index in [1.54, 1.807) is 4.90 Å². The summed E-state index contributed by atoms with van der Waals surface area (Å²) in [6.07, 6.45) is 1.75. The molecule has 0 aliphatic heterocycles. The van der Waals surface area contributed by atoms with Crippen molar-refractivity contribution >= 4 is 11.8 Å². The minimum atomic E-state index is -0.468. The molecule has 0 radical (unpaired) electrons. The lowest BCUT2D eigenvalue weighted by molar-refractivity contribution is -0.140. The summed E-state index contributed by atoms with van der Waals surface area (Å²) in [5.74, 6) is -0.0965. The van der Waals surface area contributed by atoms with Crippen molar-refractivity contribution in [2.45, 2.75) is 59.5 Å². The number of amides is 2. The molecule has 0 heterocycles. The average Bonchev–Trinajstić information content (AvgIpc) is 2.69. The Kier molecular flexibility index (Phi) is 8.24. The molecule has 0 fully saturated rings. The lowest BCUT2D eigenvalue weighted by Gasteiger charge is -2.31. The van der Waals surface area contributed by atoms with Crippen molar-refractivity contribution in [2.24, 2.45) is 0 Å². The molecular weight excluding hydrogens is 348 g/mol. The maximum atomic E-state index is 13.2. The number of carbonyl (C=O) groups is 2. The van der Waals surface area contributed by atoms with Gasteiger partial charge < -0.3 is 10.2 Å². The Hall–Kier alpha value is -2.62. The summed E-state index contributed by atoms with van der Waals surface area (Å²) in [6.45, 7) is 9.11. The topological polar surface area (TPSA) is 49.4 Å². The molecule has 2 aromatic rings. The Bertz CT molecular complexity index is 783. The van der Waals surface area contributed by atoms with Crippen molar-refractivity contribution in [2.75, 3.05) is 6.54 Å². The number of rotatable bonds is 9. The summed E-state index contributed by atoms with van der Waals surface area (Å²) in [5, 5.41) is 2.96. The summed E-state index contributed by atoms with van der Waals surface area (Å²) in [7, 11) is 0. The molecule has 0 aliphatic carbocycles. The fourth-order valence-corrected chi connectivity index (χ4v) is 3.24. The van der Waals surface area contributed by atoms with Gasteiger partial charge in [-0.3, -0.25) is 9.59 Å². The standard InChI is InChI=1S/C24H32N2O2/c1-5-15-25-24(28)22(6-2)26(17-21-10-8-7-9-19(21)4)23(27)16-20-13-11-18(3)12-14-20/h7-14,22H,5-6,15-17H2,1-4H3,(H,25,28)/t22-/m1/s1. The molecule has 0 spiro atoms. The van der Waals surface area contributed by atoms with E-state index in [2.05, 4.69) is 5.32 Å². The van der Waals surface area contributed by atoms with E-state index in [0.29, 0.717) is 25.9 Å². The zero-order valence-corrected chi connectivity index (χ0v) is 17.5. The summed E-state index contributed by atoms with van der Waals surface area (Å²) >= 11 is 0. The fourth-order valence-electron chi connectivity index (χ4n) is 3.24. The van der Waals surface area contributed by atoms with Crippen LogP contribution in [0.4, 0.5) is 0 Å². The zero-order valence-electron chi connectivity index (χ0n) is 17.5. The molecule has 0 aromatic heterocycles. The molecule has 1 N–H and O–H groups in total. The van der Waals surface area contributed by atoms with Crippen LogP contribution in [0.3, 0.4) is 0 Å². The van der Waals surface area contributed by atoms with Crippen LogP contribution in [0.2, 0.25) is 0 Å². The minimum Gasteiger partial charge on any atom is -0.354 e. The summed E-state index contributed by atoms with van der Waals surface area (Å²) < 4.78 is 0. The van der Waals surface area contributed by atoms with Gasteiger partial charge in [-0.15, -0.1) is 0 Å². The lowest BCUT2D eigenvalue weighted by Crippen LogP contribution is -2.49. The molecule has 1 atom stereocenters. The highest BCUT2D eigenvalue weighted by atomic mass is 16.2. The van der Waals surface area contributed by atoms with Crippen LogP contribution >= 0.6 is 0 Å². The lowest BCUT2D eigenvalue weighted by atomic mass is 10.0. The van der Waals surface area contributed by atoms with Crippen molar-refractivity contribution in [3.8, 4) is 0 Å². The first-order chi connectivity index (χ1) is 13.5. The van der Waals surface area contributed by atoms with E-state index in [9.17, 15) is 9.59 Å². The predicted octanol–water partition coefficient (Wildman–Crippen LogP) is 4.18. The number of benzene rings is 2. The van der Waals surface area contributed by atoms with Gasteiger partial charge in [0.05, 0.1) is 6.42 Å². The second-order valence-electron chi connectivity index (χ2n) is 7.33. The third-order valence-electron chi connectivity index (χ3n) is 5.01. The van der Waals surface area contributed by atoms with E-state index in [0.717, 1.165) is 23.1 Å². The molecule has 2 amide bonds. The fraction of sp³-hybridized carbons (Fsp3) is 0.417. The van der Waals surface area contributed by atoms with Crippen LogP contribution in [-0.4, -0.2) is 29.3 Å². The largest absolute Gasteiger partial charge is 0.354 e. The number of hydrogen-bond acceptors (Lipinski definition) is 2. The molecule has 0 aliphatic rings. The molecule has 2 aromatic carbocycles. The van der Waals surface area contributed by atoms with Crippen LogP contribution in [0, 0.1) is 13.8 Å². The van der Waals surface area contributed by atoms with E-state index in [1.807, 2.05) is 76.2 Å². The molecule has 0 unspecified atom stereocenters. The average molecular weight is 381 g/mol. The van der Waals surface area contributed by atoms with E-state index in [4.69, 9.17) is 0 Å². The van der Waals surface area contributed by atoms with Crippen LogP contribution in [0.5, 0.6) is 0 Å². The first kappa shape index (κ1) is 21.7. The van der Waals surface area contributed by atoms with Gasteiger partial charge in [0.2, 0.25) is 11.8 Å². The van der Waals surface area contributed by atoms with Crippen molar-refractivity contribution in [1.82, 2.24) is 10.2 Å². The quantitative estimate of drug-likeness (QED) is 0.709. The normalized spacial score (nSPS) is 11.7. The third-order valence-corrected chi connectivity index (χ3v) is 5.01. The third kappa shape index (κ3) is 5.95. The van der Waals surface area contributed by atoms with Crippen LogP contribution < -0.4 is 5.32 Å². The van der Waals surface area contributed by atoms with Crippen LogP contribution in [0.1, 0.15) is 48.9 Å².